The number of halogens is 3. The Balaban J connectivity index is 1.62. The van der Waals surface area contributed by atoms with Gasteiger partial charge in [-0.2, -0.15) is 13.2 Å². The smallest absolute Gasteiger partial charge is 0.353 e. The number of alkyl halides is 3. The molecule has 1 saturated heterocycles. The van der Waals surface area contributed by atoms with Crippen LogP contribution in [-0.2, 0) is 19.8 Å². The average molecular weight is 325 g/mol. The lowest BCUT2D eigenvalue weighted by atomic mass is 10.3. The predicted octanol–water partition coefficient (Wildman–Crippen LogP) is 2.16. The molecule has 0 unspecified atom stereocenters. The summed E-state index contributed by atoms with van der Waals surface area (Å²) in [7, 11) is 2.00. The molecule has 1 aliphatic rings. The van der Waals surface area contributed by atoms with E-state index in [9.17, 15) is 13.2 Å². The Morgan fingerprint density at radius 2 is 1.87 bits per heavy atom. The second-order valence-electron chi connectivity index (χ2n) is 5.61. The summed E-state index contributed by atoms with van der Waals surface area (Å²) in [4.78, 5) is 11.7. The van der Waals surface area contributed by atoms with Crippen LogP contribution in [0.2, 0.25) is 0 Å². The molecule has 0 N–H and O–H groups in total. The van der Waals surface area contributed by atoms with E-state index in [1.807, 2.05) is 19.3 Å². The summed E-state index contributed by atoms with van der Waals surface area (Å²) in [5.74, 6) is 0.151. The lowest BCUT2D eigenvalue weighted by Gasteiger charge is -2.34. The van der Waals surface area contributed by atoms with Gasteiger partial charge in [-0.05, 0) is 18.2 Å². The van der Waals surface area contributed by atoms with Crippen LogP contribution >= 0.6 is 0 Å². The van der Waals surface area contributed by atoms with Crippen LogP contribution in [0.3, 0.4) is 0 Å². The van der Waals surface area contributed by atoms with Gasteiger partial charge in [0.15, 0.2) is 0 Å². The highest BCUT2D eigenvalue weighted by molar-refractivity contribution is 5.31. The number of nitrogens with zero attached hydrogens (tertiary/aromatic N) is 5. The summed E-state index contributed by atoms with van der Waals surface area (Å²) < 4.78 is 40.3. The zero-order valence-corrected chi connectivity index (χ0v) is 12.8. The van der Waals surface area contributed by atoms with Gasteiger partial charge in [-0.25, -0.2) is 9.97 Å². The van der Waals surface area contributed by atoms with E-state index >= 15 is 0 Å². The Bertz CT molecular complexity index is 659. The quantitative estimate of drug-likeness (QED) is 0.867. The van der Waals surface area contributed by atoms with Crippen molar-refractivity contribution >= 4 is 5.95 Å². The molecule has 2 aromatic rings. The standard InChI is InChI=1S/C15H18F3N5/c1-21-6-2-3-12(21)11-22-7-9-23(10-8-22)14-19-5-4-13(20-14)15(16,17)18/h2-6H,7-11H2,1H3. The molecular formula is C15H18F3N5. The summed E-state index contributed by atoms with van der Waals surface area (Å²) >= 11 is 0. The molecule has 8 heteroatoms. The molecule has 1 fully saturated rings. The van der Waals surface area contributed by atoms with Gasteiger partial charge in [-0.3, -0.25) is 4.90 Å². The van der Waals surface area contributed by atoms with Gasteiger partial charge in [0.25, 0.3) is 0 Å². The van der Waals surface area contributed by atoms with Crippen molar-refractivity contribution < 1.29 is 13.2 Å². The molecule has 0 aliphatic carbocycles. The monoisotopic (exact) mass is 325 g/mol. The first-order chi connectivity index (χ1) is 10.9. The molecule has 0 saturated carbocycles. The Morgan fingerprint density at radius 3 is 2.48 bits per heavy atom. The highest BCUT2D eigenvalue weighted by Crippen LogP contribution is 2.28. The van der Waals surface area contributed by atoms with Crippen LogP contribution < -0.4 is 4.90 Å². The Hall–Kier alpha value is -2.09. The normalized spacial score (nSPS) is 16.8. The minimum atomic E-state index is -4.44. The van der Waals surface area contributed by atoms with E-state index in [2.05, 4.69) is 25.5 Å². The summed E-state index contributed by atoms with van der Waals surface area (Å²) in [6.45, 7) is 3.60. The highest BCUT2D eigenvalue weighted by atomic mass is 19.4. The number of rotatable bonds is 3. The molecule has 0 amide bonds. The lowest BCUT2D eigenvalue weighted by Crippen LogP contribution is -2.46. The van der Waals surface area contributed by atoms with Crippen molar-refractivity contribution in [1.29, 1.82) is 0 Å². The zero-order valence-electron chi connectivity index (χ0n) is 12.8. The number of aryl methyl sites for hydroxylation is 1. The van der Waals surface area contributed by atoms with E-state index in [0.29, 0.717) is 13.1 Å². The van der Waals surface area contributed by atoms with E-state index < -0.39 is 11.9 Å². The Morgan fingerprint density at radius 1 is 1.13 bits per heavy atom. The molecule has 3 heterocycles. The molecule has 0 aromatic carbocycles. The first kappa shape index (κ1) is 15.8. The van der Waals surface area contributed by atoms with Crippen LogP contribution in [-0.4, -0.2) is 45.6 Å². The number of hydrogen-bond acceptors (Lipinski definition) is 4. The first-order valence-electron chi connectivity index (χ1n) is 7.41. The molecule has 0 radical (unpaired) electrons. The third-order valence-corrected chi connectivity index (χ3v) is 4.03. The molecule has 124 valence electrons. The van der Waals surface area contributed by atoms with Crippen molar-refractivity contribution in [2.24, 2.45) is 7.05 Å². The molecule has 23 heavy (non-hydrogen) atoms. The Kier molecular flexibility index (Phi) is 4.25. The van der Waals surface area contributed by atoms with Gasteiger partial charge in [-0.15, -0.1) is 0 Å². The van der Waals surface area contributed by atoms with E-state index in [1.165, 1.54) is 11.9 Å². The van der Waals surface area contributed by atoms with Crippen LogP contribution in [0.5, 0.6) is 0 Å². The first-order valence-corrected chi connectivity index (χ1v) is 7.41. The fraction of sp³-hybridized carbons (Fsp3) is 0.467. The average Bonchev–Trinajstić information content (AvgIpc) is 2.92. The minimum absolute atomic E-state index is 0.151. The minimum Gasteiger partial charge on any atom is -0.353 e. The number of hydrogen-bond donors (Lipinski definition) is 0. The summed E-state index contributed by atoms with van der Waals surface area (Å²) in [5, 5.41) is 0. The van der Waals surface area contributed by atoms with Crippen molar-refractivity contribution in [2.75, 3.05) is 31.1 Å². The molecule has 2 aromatic heterocycles. The summed E-state index contributed by atoms with van der Waals surface area (Å²) in [6, 6.07) is 4.97. The molecule has 0 bridgehead atoms. The number of piperazine rings is 1. The Labute approximate surface area is 132 Å². The van der Waals surface area contributed by atoms with Gasteiger partial charge in [0, 0.05) is 57.9 Å². The third kappa shape index (κ3) is 3.64. The predicted molar refractivity (Wildman–Crippen MR) is 79.9 cm³/mol. The SMILES string of the molecule is Cn1cccc1CN1CCN(c2nccc(C(F)(F)F)n2)CC1. The van der Waals surface area contributed by atoms with Gasteiger partial charge in [0.1, 0.15) is 5.69 Å². The van der Waals surface area contributed by atoms with E-state index in [4.69, 9.17) is 0 Å². The van der Waals surface area contributed by atoms with E-state index in [0.717, 1.165) is 25.7 Å². The second-order valence-corrected chi connectivity index (χ2v) is 5.61. The van der Waals surface area contributed by atoms with Crippen molar-refractivity contribution in [3.05, 3.63) is 42.0 Å². The van der Waals surface area contributed by atoms with Gasteiger partial charge < -0.3 is 9.47 Å². The van der Waals surface area contributed by atoms with Gasteiger partial charge in [0.05, 0.1) is 0 Å². The van der Waals surface area contributed by atoms with Gasteiger partial charge >= 0.3 is 6.18 Å². The van der Waals surface area contributed by atoms with Gasteiger partial charge in [0.2, 0.25) is 5.95 Å². The third-order valence-electron chi connectivity index (χ3n) is 4.03. The van der Waals surface area contributed by atoms with Crippen LogP contribution in [0.15, 0.2) is 30.6 Å². The highest BCUT2D eigenvalue weighted by Gasteiger charge is 2.33. The maximum atomic E-state index is 12.7. The van der Waals surface area contributed by atoms with Gasteiger partial charge in [-0.1, -0.05) is 0 Å². The van der Waals surface area contributed by atoms with Crippen molar-refractivity contribution in [3.63, 3.8) is 0 Å². The fourth-order valence-electron chi connectivity index (χ4n) is 2.65. The topological polar surface area (TPSA) is 37.2 Å². The molecule has 0 spiro atoms. The maximum Gasteiger partial charge on any atom is 0.433 e. The maximum absolute atomic E-state index is 12.7. The number of aromatic nitrogens is 3. The molecule has 1 aliphatic heterocycles. The fourth-order valence-corrected chi connectivity index (χ4v) is 2.65. The van der Waals surface area contributed by atoms with Crippen LogP contribution in [0, 0.1) is 0 Å². The number of anilines is 1. The summed E-state index contributed by atoms with van der Waals surface area (Å²) in [5.41, 5.74) is 0.322. The van der Waals surface area contributed by atoms with Crippen LogP contribution in [0.4, 0.5) is 19.1 Å². The molecule has 0 atom stereocenters. The largest absolute Gasteiger partial charge is 0.433 e. The van der Waals surface area contributed by atoms with Crippen LogP contribution in [0.25, 0.3) is 0 Å². The van der Waals surface area contributed by atoms with E-state index in [-0.39, 0.29) is 5.95 Å². The van der Waals surface area contributed by atoms with Crippen molar-refractivity contribution in [1.82, 2.24) is 19.4 Å². The van der Waals surface area contributed by atoms with Crippen LogP contribution in [0.1, 0.15) is 11.4 Å². The molecular weight excluding hydrogens is 307 g/mol. The molecule has 5 nitrogen and oxygen atoms in total. The lowest BCUT2D eigenvalue weighted by molar-refractivity contribution is -0.141. The van der Waals surface area contributed by atoms with Crippen molar-refractivity contribution in [2.45, 2.75) is 12.7 Å². The van der Waals surface area contributed by atoms with Crippen molar-refractivity contribution in [3.8, 4) is 0 Å². The van der Waals surface area contributed by atoms with E-state index in [1.54, 1.807) is 4.90 Å². The molecule has 3 rings (SSSR count). The second kappa shape index (κ2) is 6.19. The zero-order chi connectivity index (χ0) is 16.4. The summed E-state index contributed by atoms with van der Waals surface area (Å²) in [6.07, 6.45) is -1.27.